The van der Waals surface area contributed by atoms with Crippen molar-refractivity contribution in [1.82, 2.24) is 0 Å². The topological polar surface area (TPSA) is 29.1 Å². The molecule has 0 amide bonds. The van der Waals surface area contributed by atoms with E-state index in [1.54, 1.807) is 0 Å². The maximum absolute atomic E-state index is 12.1. The quantitative estimate of drug-likeness (QED) is 0.831. The van der Waals surface area contributed by atoms with Gasteiger partial charge in [-0.25, -0.2) is 0 Å². The SMILES string of the molecule is O=C1CCC2c3c(cccc31)NC2c1ccccc1Cl. The standard InChI is InChI=1S/C17H14ClNO/c18-13-6-2-1-4-10(13)17-12-8-9-15(20)11-5-3-7-14(19-17)16(11)12/h1-7,12,17,19H,8-9H2. The monoisotopic (exact) mass is 283 g/mol. The normalized spacial score (nSPS) is 23.4. The number of rotatable bonds is 1. The highest BCUT2D eigenvalue weighted by Gasteiger charge is 2.39. The Kier molecular flexibility index (Phi) is 2.61. The van der Waals surface area contributed by atoms with E-state index in [1.165, 1.54) is 5.56 Å². The fraction of sp³-hybridized carbons (Fsp3) is 0.235. The van der Waals surface area contributed by atoms with Gasteiger partial charge in [0.05, 0.1) is 6.04 Å². The summed E-state index contributed by atoms with van der Waals surface area (Å²) in [6.45, 7) is 0. The molecule has 0 radical (unpaired) electrons. The Balaban J connectivity index is 1.85. The maximum atomic E-state index is 12.1. The van der Waals surface area contributed by atoms with E-state index in [0.29, 0.717) is 12.3 Å². The van der Waals surface area contributed by atoms with Gasteiger partial charge in [0.25, 0.3) is 0 Å². The van der Waals surface area contributed by atoms with Crippen LogP contribution in [0.2, 0.25) is 5.02 Å². The number of carbonyl (C=O) groups is 1. The van der Waals surface area contributed by atoms with Crippen molar-refractivity contribution >= 4 is 23.1 Å². The number of carbonyl (C=O) groups excluding carboxylic acids is 1. The third kappa shape index (κ3) is 1.61. The van der Waals surface area contributed by atoms with E-state index >= 15 is 0 Å². The van der Waals surface area contributed by atoms with Gasteiger partial charge in [0.1, 0.15) is 0 Å². The molecule has 2 aliphatic rings. The smallest absolute Gasteiger partial charge is 0.163 e. The zero-order valence-electron chi connectivity index (χ0n) is 10.9. The molecule has 1 heterocycles. The average molecular weight is 284 g/mol. The summed E-state index contributed by atoms with van der Waals surface area (Å²) in [7, 11) is 0. The van der Waals surface area contributed by atoms with Gasteiger partial charge in [-0.3, -0.25) is 4.79 Å². The number of ketones is 1. The maximum Gasteiger partial charge on any atom is 0.163 e. The Hall–Kier alpha value is -1.80. The zero-order chi connectivity index (χ0) is 13.7. The molecule has 2 aromatic carbocycles. The van der Waals surface area contributed by atoms with Crippen molar-refractivity contribution in [3.05, 3.63) is 64.2 Å². The van der Waals surface area contributed by atoms with Crippen molar-refractivity contribution in [3.63, 3.8) is 0 Å². The van der Waals surface area contributed by atoms with Gasteiger partial charge in [-0.15, -0.1) is 0 Å². The molecule has 3 heteroatoms. The Morgan fingerprint density at radius 3 is 2.80 bits per heavy atom. The third-order valence-electron chi connectivity index (χ3n) is 4.41. The van der Waals surface area contributed by atoms with E-state index < -0.39 is 0 Å². The molecule has 2 aromatic rings. The van der Waals surface area contributed by atoms with Crippen LogP contribution in [0.25, 0.3) is 0 Å². The molecule has 100 valence electrons. The summed E-state index contributed by atoms with van der Waals surface area (Å²) in [5.74, 6) is 0.610. The van der Waals surface area contributed by atoms with Crippen molar-refractivity contribution < 1.29 is 4.79 Å². The minimum atomic E-state index is 0.174. The van der Waals surface area contributed by atoms with E-state index in [4.69, 9.17) is 11.6 Å². The summed E-state index contributed by atoms with van der Waals surface area (Å²) in [5.41, 5.74) is 4.29. The molecule has 1 N–H and O–H groups in total. The lowest BCUT2D eigenvalue weighted by atomic mass is 9.78. The molecule has 1 aliphatic heterocycles. The molecule has 2 atom stereocenters. The highest BCUT2D eigenvalue weighted by molar-refractivity contribution is 6.31. The fourth-order valence-electron chi connectivity index (χ4n) is 3.52. The first-order chi connectivity index (χ1) is 9.75. The van der Waals surface area contributed by atoms with E-state index in [-0.39, 0.29) is 11.8 Å². The molecular formula is C17H14ClNO. The average Bonchev–Trinajstić information content (AvgIpc) is 2.83. The van der Waals surface area contributed by atoms with Gasteiger partial charge in [-0.1, -0.05) is 41.9 Å². The van der Waals surface area contributed by atoms with Crippen LogP contribution in [0, 0.1) is 0 Å². The van der Waals surface area contributed by atoms with Gasteiger partial charge >= 0.3 is 0 Å². The highest BCUT2D eigenvalue weighted by atomic mass is 35.5. The molecule has 0 aromatic heterocycles. The number of hydrogen-bond acceptors (Lipinski definition) is 2. The molecule has 0 saturated heterocycles. The van der Waals surface area contributed by atoms with Gasteiger partial charge in [-0.05, 0) is 29.7 Å². The molecule has 4 rings (SSSR count). The molecule has 2 nitrogen and oxygen atoms in total. The molecule has 2 unspecified atom stereocenters. The number of benzene rings is 2. The predicted octanol–water partition coefficient (Wildman–Crippen LogP) is 4.57. The van der Waals surface area contributed by atoms with Gasteiger partial charge < -0.3 is 5.32 Å². The molecule has 0 spiro atoms. The minimum Gasteiger partial charge on any atom is -0.377 e. The lowest BCUT2D eigenvalue weighted by Crippen LogP contribution is -2.18. The predicted molar refractivity (Wildman–Crippen MR) is 80.6 cm³/mol. The van der Waals surface area contributed by atoms with E-state index in [2.05, 4.69) is 17.4 Å². The lowest BCUT2D eigenvalue weighted by Gasteiger charge is -2.25. The van der Waals surface area contributed by atoms with Crippen molar-refractivity contribution in [2.24, 2.45) is 0 Å². The Bertz CT molecular complexity index is 710. The molecule has 0 saturated carbocycles. The van der Waals surface area contributed by atoms with Crippen LogP contribution in [-0.4, -0.2) is 5.78 Å². The van der Waals surface area contributed by atoms with Gasteiger partial charge in [0, 0.05) is 28.6 Å². The van der Waals surface area contributed by atoms with Crippen LogP contribution < -0.4 is 5.32 Å². The summed E-state index contributed by atoms with van der Waals surface area (Å²) in [6.07, 6.45) is 1.52. The first-order valence-electron chi connectivity index (χ1n) is 6.93. The summed E-state index contributed by atoms with van der Waals surface area (Å²) in [6, 6.07) is 14.1. The van der Waals surface area contributed by atoms with Crippen molar-refractivity contribution in [1.29, 1.82) is 0 Å². The van der Waals surface area contributed by atoms with Gasteiger partial charge in [0.2, 0.25) is 0 Å². The van der Waals surface area contributed by atoms with E-state index in [9.17, 15) is 4.79 Å². The zero-order valence-corrected chi connectivity index (χ0v) is 11.7. The van der Waals surface area contributed by atoms with Gasteiger partial charge in [-0.2, -0.15) is 0 Å². The van der Waals surface area contributed by atoms with Crippen LogP contribution in [0.5, 0.6) is 0 Å². The van der Waals surface area contributed by atoms with Crippen LogP contribution in [0.15, 0.2) is 42.5 Å². The van der Waals surface area contributed by atoms with Crippen LogP contribution in [0.3, 0.4) is 0 Å². The van der Waals surface area contributed by atoms with Crippen LogP contribution in [0.1, 0.15) is 46.3 Å². The largest absolute Gasteiger partial charge is 0.377 e. The summed E-state index contributed by atoms with van der Waals surface area (Å²) < 4.78 is 0. The Morgan fingerprint density at radius 2 is 1.95 bits per heavy atom. The van der Waals surface area contributed by atoms with Gasteiger partial charge in [0.15, 0.2) is 5.78 Å². The van der Waals surface area contributed by atoms with E-state index in [0.717, 1.165) is 28.3 Å². The molecule has 0 fully saturated rings. The van der Waals surface area contributed by atoms with Crippen molar-refractivity contribution in [3.8, 4) is 0 Å². The number of Topliss-reactive ketones (excluding diaryl/α,β-unsaturated/α-hetero) is 1. The second-order valence-corrected chi connectivity index (χ2v) is 5.89. The first kappa shape index (κ1) is 12.0. The lowest BCUT2D eigenvalue weighted by molar-refractivity contribution is 0.0966. The minimum absolute atomic E-state index is 0.174. The summed E-state index contributed by atoms with van der Waals surface area (Å²) in [4.78, 5) is 12.1. The van der Waals surface area contributed by atoms with Crippen LogP contribution in [0.4, 0.5) is 5.69 Å². The molecular weight excluding hydrogens is 270 g/mol. The molecule has 0 bridgehead atoms. The van der Waals surface area contributed by atoms with E-state index in [1.807, 2.05) is 30.3 Å². The first-order valence-corrected chi connectivity index (χ1v) is 7.30. The van der Waals surface area contributed by atoms with Crippen molar-refractivity contribution in [2.75, 3.05) is 5.32 Å². The van der Waals surface area contributed by atoms with Crippen LogP contribution >= 0.6 is 11.6 Å². The summed E-state index contributed by atoms with van der Waals surface area (Å²) in [5, 5.41) is 4.35. The highest BCUT2D eigenvalue weighted by Crippen LogP contribution is 2.51. The number of nitrogens with one attached hydrogen (secondary N) is 1. The number of hydrogen-bond donors (Lipinski definition) is 1. The van der Waals surface area contributed by atoms with Crippen molar-refractivity contribution in [2.45, 2.75) is 24.8 Å². The summed E-state index contributed by atoms with van der Waals surface area (Å²) >= 11 is 6.35. The van der Waals surface area contributed by atoms with Crippen LogP contribution in [-0.2, 0) is 0 Å². The number of halogens is 1. The fourth-order valence-corrected chi connectivity index (χ4v) is 3.78. The number of anilines is 1. The Morgan fingerprint density at radius 1 is 1.10 bits per heavy atom. The molecule has 1 aliphatic carbocycles. The Labute approximate surface area is 122 Å². The second-order valence-electron chi connectivity index (χ2n) is 5.48. The second kappa shape index (κ2) is 4.35. The third-order valence-corrected chi connectivity index (χ3v) is 4.76. The molecule has 20 heavy (non-hydrogen) atoms.